The van der Waals surface area contributed by atoms with Crippen molar-refractivity contribution in [1.29, 1.82) is 0 Å². The molecular weight excluding hydrogens is 262 g/mol. The van der Waals surface area contributed by atoms with Crippen molar-refractivity contribution in [1.82, 2.24) is 10.2 Å². The molecule has 0 saturated carbocycles. The van der Waals surface area contributed by atoms with Crippen LogP contribution in [0, 0.1) is 0 Å². The Morgan fingerprint density at radius 3 is 2.80 bits per heavy atom. The number of nitrogens with two attached hydrogens (primary N) is 1. The Balaban J connectivity index is 2.80. The average molecular weight is 268 g/mol. The normalized spacial score (nSPS) is 10.5. The molecule has 0 atom stereocenters. The lowest BCUT2D eigenvalue weighted by Gasteiger charge is -2.03. The molecule has 0 fully saturated rings. The first-order valence-corrected chi connectivity index (χ1v) is 4.83. The molecule has 1 aromatic carbocycles. The van der Waals surface area contributed by atoms with E-state index in [9.17, 15) is 4.79 Å². The summed E-state index contributed by atoms with van der Waals surface area (Å²) in [5, 5.41) is 16.7. The molecule has 0 aliphatic carbocycles. The van der Waals surface area contributed by atoms with E-state index < -0.39 is 5.97 Å². The summed E-state index contributed by atoms with van der Waals surface area (Å²) >= 11 is 3.28. The number of rotatable bonds is 1. The van der Waals surface area contributed by atoms with Gasteiger partial charge < -0.3 is 10.8 Å². The maximum atomic E-state index is 10.7. The molecule has 0 spiro atoms. The van der Waals surface area contributed by atoms with E-state index in [1.807, 2.05) is 0 Å². The summed E-state index contributed by atoms with van der Waals surface area (Å²) < 4.78 is 0.840. The third kappa shape index (κ3) is 1.63. The minimum Gasteiger partial charge on any atom is -0.476 e. The number of fused-ring (bicyclic) bond motifs is 1. The summed E-state index contributed by atoms with van der Waals surface area (Å²) in [6, 6.07) is 5.20. The van der Waals surface area contributed by atoms with Crippen molar-refractivity contribution in [2.45, 2.75) is 0 Å². The van der Waals surface area contributed by atoms with Crippen LogP contribution in [0.5, 0.6) is 0 Å². The minimum absolute atomic E-state index is 0.139. The van der Waals surface area contributed by atoms with E-state index in [-0.39, 0.29) is 11.4 Å². The molecule has 3 N–H and O–H groups in total. The SMILES string of the molecule is Nc1c(C(=O)O)nnc2cc(Br)ccc12. The smallest absolute Gasteiger partial charge is 0.358 e. The predicted octanol–water partition coefficient (Wildman–Crippen LogP) is 1.67. The van der Waals surface area contributed by atoms with E-state index in [1.165, 1.54) is 0 Å². The number of aromatic carboxylic acids is 1. The fraction of sp³-hybridized carbons (Fsp3) is 0. The fourth-order valence-corrected chi connectivity index (χ4v) is 1.61. The zero-order chi connectivity index (χ0) is 11.0. The molecule has 6 heteroatoms. The van der Waals surface area contributed by atoms with Crippen molar-refractivity contribution in [3.05, 3.63) is 28.4 Å². The van der Waals surface area contributed by atoms with E-state index in [0.717, 1.165) is 4.47 Å². The lowest BCUT2D eigenvalue weighted by Crippen LogP contribution is -2.07. The summed E-state index contributed by atoms with van der Waals surface area (Å²) in [5.74, 6) is -1.18. The number of carboxylic acid groups (broad SMARTS) is 1. The van der Waals surface area contributed by atoms with Crippen LogP contribution in [0.3, 0.4) is 0 Å². The summed E-state index contributed by atoms with van der Waals surface area (Å²) in [5.41, 5.74) is 6.15. The molecular formula is C9H6BrN3O2. The van der Waals surface area contributed by atoms with Gasteiger partial charge in [0.25, 0.3) is 0 Å². The minimum atomic E-state index is -1.18. The highest BCUT2D eigenvalue weighted by Gasteiger charge is 2.13. The van der Waals surface area contributed by atoms with Crippen LogP contribution >= 0.6 is 15.9 Å². The van der Waals surface area contributed by atoms with Crippen LogP contribution in [-0.4, -0.2) is 21.3 Å². The van der Waals surface area contributed by atoms with Crippen LogP contribution in [-0.2, 0) is 0 Å². The number of hydrogen-bond acceptors (Lipinski definition) is 4. The van der Waals surface area contributed by atoms with Crippen molar-refractivity contribution in [3.8, 4) is 0 Å². The van der Waals surface area contributed by atoms with Crippen LogP contribution < -0.4 is 5.73 Å². The molecule has 0 aliphatic rings. The Bertz CT molecular complexity index is 556. The molecule has 1 aromatic heterocycles. The van der Waals surface area contributed by atoms with Crippen molar-refractivity contribution in [3.63, 3.8) is 0 Å². The van der Waals surface area contributed by atoms with Gasteiger partial charge in [-0.1, -0.05) is 15.9 Å². The van der Waals surface area contributed by atoms with E-state index >= 15 is 0 Å². The molecule has 0 saturated heterocycles. The first-order valence-electron chi connectivity index (χ1n) is 4.04. The first-order chi connectivity index (χ1) is 7.09. The van der Waals surface area contributed by atoms with Gasteiger partial charge in [0.2, 0.25) is 0 Å². The zero-order valence-corrected chi connectivity index (χ0v) is 9.02. The number of benzene rings is 1. The number of hydrogen-bond donors (Lipinski definition) is 2. The Morgan fingerprint density at radius 2 is 2.13 bits per heavy atom. The highest BCUT2D eigenvalue weighted by molar-refractivity contribution is 9.10. The van der Waals surface area contributed by atoms with Gasteiger partial charge in [0.15, 0.2) is 5.69 Å². The summed E-state index contributed by atoms with van der Waals surface area (Å²) in [7, 11) is 0. The molecule has 1 heterocycles. The maximum absolute atomic E-state index is 10.7. The van der Waals surface area contributed by atoms with Gasteiger partial charge in [-0.05, 0) is 18.2 Å². The lowest BCUT2D eigenvalue weighted by atomic mass is 10.2. The van der Waals surface area contributed by atoms with Gasteiger partial charge in [-0.3, -0.25) is 0 Å². The molecule has 0 bridgehead atoms. The topological polar surface area (TPSA) is 89.1 Å². The quantitative estimate of drug-likeness (QED) is 0.821. The predicted molar refractivity (Wildman–Crippen MR) is 58.6 cm³/mol. The molecule has 2 aromatic rings. The van der Waals surface area contributed by atoms with Crippen molar-refractivity contribution >= 4 is 38.5 Å². The lowest BCUT2D eigenvalue weighted by molar-refractivity contribution is 0.0691. The number of carboxylic acids is 1. The number of halogens is 1. The first kappa shape index (κ1) is 9.85. The van der Waals surface area contributed by atoms with Crippen LogP contribution in [0.25, 0.3) is 10.9 Å². The number of aromatic nitrogens is 2. The van der Waals surface area contributed by atoms with Crippen LogP contribution in [0.2, 0.25) is 0 Å². The summed E-state index contributed by atoms with van der Waals surface area (Å²) in [6.07, 6.45) is 0. The standard InChI is InChI=1S/C9H6BrN3O2/c10-4-1-2-5-6(3-4)12-13-8(7(5)11)9(14)15/h1-3H,(H2,11,12)(H,14,15). The third-order valence-corrected chi connectivity index (χ3v) is 2.46. The monoisotopic (exact) mass is 267 g/mol. The molecule has 15 heavy (non-hydrogen) atoms. The van der Waals surface area contributed by atoms with E-state index in [0.29, 0.717) is 10.9 Å². The largest absolute Gasteiger partial charge is 0.476 e. The Labute approximate surface area is 93.0 Å². The Kier molecular flexibility index (Phi) is 2.28. The van der Waals surface area contributed by atoms with Gasteiger partial charge >= 0.3 is 5.97 Å². The van der Waals surface area contributed by atoms with Gasteiger partial charge in [-0.15, -0.1) is 10.2 Å². The van der Waals surface area contributed by atoms with E-state index in [1.54, 1.807) is 18.2 Å². The fourth-order valence-electron chi connectivity index (χ4n) is 1.26. The highest BCUT2D eigenvalue weighted by Crippen LogP contribution is 2.24. The summed E-state index contributed by atoms with van der Waals surface area (Å²) in [6.45, 7) is 0. The highest BCUT2D eigenvalue weighted by atomic mass is 79.9. The van der Waals surface area contributed by atoms with Crippen LogP contribution in [0.15, 0.2) is 22.7 Å². The molecule has 5 nitrogen and oxygen atoms in total. The van der Waals surface area contributed by atoms with Gasteiger partial charge in [0.1, 0.15) is 0 Å². The van der Waals surface area contributed by atoms with E-state index in [4.69, 9.17) is 10.8 Å². The van der Waals surface area contributed by atoms with Gasteiger partial charge in [0.05, 0.1) is 11.2 Å². The molecule has 0 aliphatic heterocycles. The molecule has 0 amide bonds. The Hall–Kier alpha value is -1.69. The maximum Gasteiger partial charge on any atom is 0.358 e. The number of carbonyl (C=O) groups is 1. The molecule has 2 rings (SSSR count). The van der Waals surface area contributed by atoms with Crippen molar-refractivity contribution in [2.24, 2.45) is 0 Å². The second-order valence-corrected chi connectivity index (χ2v) is 3.84. The van der Waals surface area contributed by atoms with Crippen molar-refractivity contribution in [2.75, 3.05) is 5.73 Å². The van der Waals surface area contributed by atoms with E-state index in [2.05, 4.69) is 26.1 Å². The molecule has 0 radical (unpaired) electrons. The number of nitrogens with zero attached hydrogens (tertiary/aromatic N) is 2. The second kappa shape index (κ2) is 3.47. The van der Waals surface area contributed by atoms with Gasteiger partial charge in [-0.25, -0.2) is 4.79 Å². The van der Waals surface area contributed by atoms with Crippen LogP contribution in [0.1, 0.15) is 10.5 Å². The summed E-state index contributed by atoms with van der Waals surface area (Å²) in [4.78, 5) is 10.7. The number of nitrogen functional groups attached to an aromatic ring is 1. The molecule has 0 unspecified atom stereocenters. The van der Waals surface area contributed by atoms with Gasteiger partial charge in [0, 0.05) is 9.86 Å². The average Bonchev–Trinajstić information content (AvgIpc) is 2.17. The van der Waals surface area contributed by atoms with Crippen molar-refractivity contribution < 1.29 is 9.90 Å². The van der Waals surface area contributed by atoms with Gasteiger partial charge in [-0.2, -0.15) is 0 Å². The zero-order valence-electron chi connectivity index (χ0n) is 7.44. The van der Waals surface area contributed by atoms with Crippen LogP contribution in [0.4, 0.5) is 5.69 Å². The molecule has 76 valence electrons. The number of anilines is 1. The Morgan fingerprint density at radius 1 is 1.40 bits per heavy atom. The third-order valence-electron chi connectivity index (χ3n) is 1.97. The second-order valence-electron chi connectivity index (χ2n) is 2.93.